The zero-order valence-corrected chi connectivity index (χ0v) is 11.2. The monoisotopic (exact) mass is 272 g/mol. The number of amidine groups is 1. The van der Waals surface area contributed by atoms with Crippen LogP contribution in [0.25, 0.3) is 0 Å². The number of fused-ring (bicyclic) bond motifs is 2. The van der Waals surface area contributed by atoms with Crippen LogP contribution in [0.15, 0.2) is 34.6 Å². The summed E-state index contributed by atoms with van der Waals surface area (Å²) in [7, 11) is 1.36. The van der Waals surface area contributed by atoms with Gasteiger partial charge in [-0.3, -0.25) is 0 Å². The summed E-state index contributed by atoms with van der Waals surface area (Å²) in [5.74, 6) is 0.140. The minimum atomic E-state index is -0.365. The summed E-state index contributed by atoms with van der Waals surface area (Å²) >= 11 is 1.59. The second kappa shape index (κ2) is 4.51. The highest BCUT2D eigenvalue weighted by Gasteiger charge is 2.17. The van der Waals surface area contributed by atoms with E-state index in [0.717, 1.165) is 22.5 Å². The molecule has 96 valence electrons. The predicted octanol–water partition coefficient (Wildman–Crippen LogP) is 2.48. The van der Waals surface area contributed by atoms with Crippen LogP contribution in [0.1, 0.15) is 26.4 Å². The van der Waals surface area contributed by atoms with Crippen LogP contribution in [0.2, 0.25) is 0 Å². The minimum Gasteiger partial charge on any atom is -0.465 e. The lowest BCUT2D eigenvalue weighted by Gasteiger charge is -2.05. The quantitative estimate of drug-likeness (QED) is 0.811. The number of nitrogens with two attached hydrogens (primary N) is 1. The molecule has 4 nitrogen and oxygen atoms in total. The molecule has 2 aromatic rings. The Morgan fingerprint density at radius 2 is 2.21 bits per heavy atom. The van der Waals surface area contributed by atoms with Crippen molar-refractivity contribution in [3.05, 3.63) is 51.2 Å². The predicted molar refractivity (Wildman–Crippen MR) is 75.3 cm³/mol. The highest BCUT2D eigenvalue weighted by atomic mass is 32.1. The molecule has 0 unspecified atom stereocenters. The number of carbonyl (C=O) groups is 1. The van der Waals surface area contributed by atoms with Crippen molar-refractivity contribution in [2.45, 2.75) is 6.42 Å². The van der Waals surface area contributed by atoms with Crippen molar-refractivity contribution < 1.29 is 9.53 Å². The fourth-order valence-corrected chi connectivity index (χ4v) is 2.97. The van der Waals surface area contributed by atoms with Crippen LogP contribution in [0.4, 0.5) is 5.69 Å². The molecule has 0 saturated carbocycles. The molecule has 0 radical (unpaired) electrons. The Hall–Kier alpha value is -2.14. The third-order valence-corrected chi connectivity index (χ3v) is 4.09. The lowest BCUT2D eigenvalue weighted by Crippen LogP contribution is -2.11. The molecule has 1 aromatic heterocycles. The molecule has 5 heteroatoms. The largest absolute Gasteiger partial charge is 0.465 e. The van der Waals surface area contributed by atoms with Gasteiger partial charge in [0.25, 0.3) is 0 Å². The number of benzene rings is 1. The van der Waals surface area contributed by atoms with E-state index in [9.17, 15) is 4.79 Å². The van der Waals surface area contributed by atoms with Crippen LogP contribution in [0.5, 0.6) is 0 Å². The summed E-state index contributed by atoms with van der Waals surface area (Å²) in [6, 6.07) is 7.45. The highest BCUT2D eigenvalue weighted by molar-refractivity contribution is 7.12. The van der Waals surface area contributed by atoms with Gasteiger partial charge in [0.15, 0.2) is 0 Å². The van der Waals surface area contributed by atoms with E-state index in [4.69, 9.17) is 10.5 Å². The number of hydrogen-bond acceptors (Lipinski definition) is 5. The van der Waals surface area contributed by atoms with Crippen molar-refractivity contribution in [1.82, 2.24) is 0 Å². The molecule has 0 bridgehead atoms. The van der Waals surface area contributed by atoms with Crippen LogP contribution in [-0.4, -0.2) is 18.9 Å². The fraction of sp³-hybridized carbons (Fsp3) is 0.143. The highest BCUT2D eigenvalue weighted by Crippen LogP contribution is 2.31. The minimum absolute atomic E-state index is 0.365. The molecule has 0 aliphatic carbocycles. The molecule has 0 saturated heterocycles. The van der Waals surface area contributed by atoms with Gasteiger partial charge < -0.3 is 10.5 Å². The molecular weight excluding hydrogens is 260 g/mol. The molecule has 1 aliphatic rings. The standard InChI is InChI=1S/C14H12N2O2S/c1-18-14(17)10-3-2-8-6-9-4-5-19-12(9)13(15)16-11(8)7-10/h2-5,7H,6H2,1H3,(H2,15,16). The summed E-state index contributed by atoms with van der Waals surface area (Å²) < 4.78 is 4.72. The zero-order chi connectivity index (χ0) is 13.4. The third kappa shape index (κ3) is 2.02. The van der Waals surface area contributed by atoms with Gasteiger partial charge in [-0.1, -0.05) is 6.07 Å². The second-order valence-electron chi connectivity index (χ2n) is 4.28. The van der Waals surface area contributed by atoms with Gasteiger partial charge in [-0.25, -0.2) is 9.79 Å². The molecule has 1 aliphatic heterocycles. The zero-order valence-electron chi connectivity index (χ0n) is 10.3. The van der Waals surface area contributed by atoms with Crippen LogP contribution < -0.4 is 5.73 Å². The Bertz CT molecular complexity index is 689. The summed E-state index contributed by atoms with van der Waals surface area (Å²) in [6.45, 7) is 0. The first-order valence-electron chi connectivity index (χ1n) is 5.81. The van der Waals surface area contributed by atoms with Crippen molar-refractivity contribution in [2.75, 3.05) is 7.11 Å². The van der Waals surface area contributed by atoms with Gasteiger partial charge in [-0.05, 0) is 34.7 Å². The smallest absolute Gasteiger partial charge is 0.337 e. The first-order valence-corrected chi connectivity index (χ1v) is 6.69. The van der Waals surface area contributed by atoms with Gasteiger partial charge in [-0.15, -0.1) is 11.3 Å². The molecule has 0 amide bonds. The molecule has 0 fully saturated rings. The average Bonchev–Trinajstić information content (AvgIpc) is 2.83. The van der Waals surface area contributed by atoms with Crippen LogP contribution >= 0.6 is 11.3 Å². The van der Waals surface area contributed by atoms with Gasteiger partial charge in [0.2, 0.25) is 0 Å². The first kappa shape index (κ1) is 11.9. The van der Waals surface area contributed by atoms with Crippen molar-refractivity contribution in [1.29, 1.82) is 0 Å². The van der Waals surface area contributed by atoms with Gasteiger partial charge in [0.1, 0.15) is 5.84 Å². The number of hydrogen-bond donors (Lipinski definition) is 1. The van der Waals surface area contributed by atoms with Gasteiger partial charge in [0.05, 0.1) is 23.2 Å². The van der Waals surface area contributed by atoms with Crippen LogP contribution in [0, 0.1) is 0 Å². The van der Waals surface area contributed by atoms with Gasteiger partial charge in [-0.2, -0.15) is 0 Å². The molecule has 2 N–H and O–H groups in total. The maximum atomic E-state index is 11.5. The summed E-state index contributed by atoms with van der Waals surface area (Å²) in [6.07, 6.45) is 0.778. The van der Waals surface area contributed by atoms with E-state index in [-0.39, 0.29) is 5.97 Å². The van der Waals surface area contributed by atoms with E-state index in [0.29, 0.717) is 11.4 Å². The van der Waals surface area contributed by atoms with Crippen LogP contribution in [0.3, 0.4) is 0 Å². The Morgan fingerprint density at radius 1 is 1.37 bits per heavy atom. The van der Waals surface area contributed by atoms with E-state index in [1.165, 1.54) is 12.7 Å². The third-order valence-electron chi connectivity index (χ3n) is 3.11. The number of methoxy groups -OCH3 is 1. The van der Waals surface area contributed by atoms with E-state index in [1.54, 1.807) is 23.5 Å². The van der Waals surface area contributed by atoms with E-state index < -0.39 is 0 Å². The lowest BCUT2D eigenvalue weighted by molar-refractivity contribution is 0.0601. The lowest BCUT2D eigenvalue weighted by atomic mass is 10.0. The number of ether oxygens (including phenoxy) is 1. The summed E-state index contributed by atoms with van der Waals surface area (Å²) in [4.78, 5) is 17.0. The molecule has 1 aromatic carbocycles. The van der Waals surface area contributed by atoms with E-state index >= 15 is 0 Å². The number of nitrogens with zero attached hydrogens (tertiary/aromatic N) is 1. The molecular formula is C14H12N2O2S. The van der Waals surface area contributed by atoms with Gasteiger partial charge >= 0.3 is 5.97 Å². The molecule has 19 heavy (non-hydrogen) atoms. The molecule has 3 rings (SSSR count). The topological polar surface area (TPSA) is 64.7 Å². The number of aliphatic imine (C=N–C) groups is 1. The molecule has 0 atom stereocenters. The fourth-order valence-electron chi connectivity index (χ4n) is 2.15. The normalized spacial score (nSPS) is 13.0. The SMILES string of the molecule is COC(=O)c1ccc2c(c1)N=C(N)c1sccc1C2. The molecule has 0 spiro atoms. The van der Waals surface area contributed by atoms with Crippen molar-refractivity contribution in [3.8, 4) is 0 Å². The first-order chi connectivity index (χ1) is 9.19. The van der Waals surface area contributed by atoms with Crippen molar-refractivity contribution in [2.24, 2.45) is 10.7 Å². The van der Waals surface area contributed by atoms with E-state index in [2.05, 4.69) is 11.1 Å². The summed E-state index contributed by atoms with van der Waals surface area (Å²) in [5, 5.41) is 2.01. The van der Waals surface area contributed by atoms with Crippen LogP contribution in [-0.2, 0) is 11.2 Å². The Kier molecular flexibility index (Phi) is 2.83. The number of thiophene rings is 1. The average molecular weight is 272 g/mol. The van der Waals surface area contributed by atoms with Crippen molar-refractivity contribution in [3.63, 3.8) is 0 Å². The van der Waals surface area contributed by atoms with E-state index in [1.807, 2.05) is 11.4 Å². The second-order valence-corrected chi connectivity index (χ2v) is 5.20. The maximum Gasteiger partial charge on any atom is 0.337 e. The Balaban J connectivity index is 2.12. The maximum absolute atomic E-state index is 11.5. The van der Waals surface area contributed by atoms with Gasteiger partial charge in [0, 0.05) is 6.42 Å². The Morgan fingerprint density at radius 3 is 3.00 bits per heavy atom. The Labute approximate surface area is 114 Å². The van der Waals surface area contributed by atoms with Crippen molar-refractivity contribution >= 4 is 28.8 Å². The molecule has 2 heterocycles. The number of rotatable bonds is 1. The number of esters is 1. The number of carbonyl (C=O) groups excluding carboxylic acids is 1. The summed E-state index contributed by atoms with van der Waals surface area (Å²) in [5.41, 5.74) is 9.48.